The summed E-state index contributed by atoms with van der Waals surface area (Å²) in [6.07, 6.45) is 0. The first-order chi connectivity index (χ1) is 26.3. The van der Waals surface area contributed by atoms with Crippen LogP contribution >= 0.6 is 0 Å². The lowest BCUT2D eigenvalue weighted by molar-refractivity contribution is 0.669. The lowest BCUT2D eigenvalue weighted by Gasteiger charge is -2.27. The number of rotatable bonds is 5. The summed E-state index contributed by atoms with van der Waals surface area (Å²) in [4.78, 5) is 2.36. The zero-order valence-electron chi connectivity index (χ0n) is 28.7. The summed E-state index contributed by atoms with van der Waals surface area (Å²) in [7, 11) is 0. The SMILES string of the molecule is c1ccc(-c2cccc3cccc(-c4ccc(N(c5ccc6c(ccc7c8ccccc8oc67)c5)c5cccc6oc7ccccc7c56)cc4)c23)cc1. The van der Waals surface area contributed by atoms with Crippen LogP contribution in [0.25, 0.3) is 87.7 Å². The maximum Gasteiger partial charge on any atom is 0.143 e. The molecular weight excluding hydrogens is 647 g/mol. The maximum atomic E-state index is 6.43. The van der Waals surface area contributed by atoms with Gasteiger partial charge in [-0.05, 0) is 99.1 Å². The summed E-state index contributed by atoms with van der Waals surface area (Å²) in [6, 6.07) is 66.8. The molecule has 2 heterocycles. The molecule has 0 atom stereocenters. The van der Waals surface area contributed by atoms with E-state index in [-0.39, 0.29) is 0 Å². The number of fused-ring (bicyclic) bond motifs is 9. The summed E-state index contributed by atoms with van der Waals surface area (Å²) < 4.78 is 12.8. The molecule has 11 rings (SSSR count). The van der Waals surface area contributed by atoms with Gasteiger partial charge in [-0.25, -0.2) is 0 Å². The second kappa shape index (κ2) is 11.7. The lowest BCUT2D eigenvalue weighted by atomic mass is 9.91. The van der Waals surface area contributed by atoms with Crippen LogP contribution in [0, 0.1) is 0 Å². The van der Waals surface area contributed by atoms with E-state index in [9.17, 15) is 0 Å². The van der Waals surface area contributed by atoms with E-state index in [1.54, 1.807) is 0 Å². The maximum absolute atomic E-state index is 6.43. The molecular formula is C50H31NO2. The molecule has 0 fully saturated rings. The second-order valence-corrected chi connectivity index (χ2v) is 13.7. The Balaban J connectivity index is 1.11. The van der Waals surface area contributed by atoms with Crippen LogP contribution in [0.4, 0.5) is 17.1 Å². The number of hydrogen-bond acceptors (Lipinski definition) is 3. The molecule has 0 saturated heterocycles. The minimum Gasteiger partial charge on any atom is -0.456 e. The molecule has 0 aliphatic heterocycles. The first-order valence-electron chi connectivity index (χ1n) is 18.0. The normalized spacial score (nSPS) is 11.8. The molecule has 0 aliphatic rings. The largest absolute Gasteiger partial charge is 0.456 e. The minimum absolute atomic E-state index is 0.860. The van der Waals surface area contributed by atoms with Gasteiger partial charge in [-0.1, -0.05) is 127 Å². The Bertz CT molecular complexity index is 3160. The molecule has 0 aliphatic carbocycles. The molecule has 0 unspecified atom stereocenters. The van der Waals surface area contributed by atoms with Crippen LogP contribution < -0.4 is 4.90 Å². The summed E-state index contributed by atoms with van der Waals surface area (Å²) in [5, 5.41) is 9.13. The Morgan fingerprint density at radius 3 is 1.75 bits per heavy atom. The van der Waals surface area contributed by atoms with Crippen molar-refractivity contribution >= 4 is 82.5 Å². The monoisotopic (exact) mass is 677 g/mol. The van der Waals surface area contributed by atoms with E-state index in [4.69, 9.17) is 8.83 Å². The fourth-order valence-electron chi connectivity index (χ4n) is 8.24. The Hall–Kier alpha value is -7.10. The zero-order chi connectivity index (χ0) is 34.9. The van der Waals surface area contributed by atoms with Gasteiger partial charge in [-0.15, -0.1) is 0 Å². The molecule has 53 heavy (non-hydrogen) atoms. The molecule has 11 aromatic rings. The number of benzene rings is 9. The summed E-state index contributed by atoms with van der Waals surface area (Å²) in [5.41, 5.74) is 11.5. The third kappa shape index (κ3) is 4.68. The van der Waals surface area contributed by atoms with E-state index < -0.39 is 0 Å². The van der Waals surface area contributed by atoms with E-state index in [0.717, 1.165) is 71.7 Å². The lowest BCUT2D eigenvalue weighted by Crippen LogP contribution is -2.10. The van der Waals surface area contributed by atoms with Crippen molar-refractivity contribution in [2.75, 3.05) is 4.90 Å². The molecule has 9 aromatic carbocycles. The third-order valence-corrected chi connectivity index (χ3v) is 10.6. The highest BCUT2D eigenvalue weighted by molar-refractivity contribution is 6.17. The summed E-state index contributed by atoms with van der Waals surface area (Å²) >= 11 is 0. The number of anilines is 3. The smallest absolute Gasteiger partial charge is 0.143 e. The van der Waals surface area contributed by atoms with Gasteiger partial charge in [0.15, 0.2) is 0 Å². The average Bonchev–Trinajstić information content (AvgIpc) is 3.80. The molecule has 0 radical (unpaired) electrons. The van der Waals surface area contributed by atoms with Gasteiger partial charge in [0.1, 0.15) is 22.3 Å². The number of para-hydroxylation sites is 2. The Morgan fingerprint density at radius 1 is 0.340 bits per heavy atom. The van der Waals surface area contributed by atoms with Gasteiger partial charge < -0.3 is 13.7 Å². The molecule has 3 nitrogen and oxygen atoms in total. The summed E-state index contributed by atoms with van der Waals surface area (Å²) in [5.74, 6) is 0. The van der Waals surface area contributed by atoms with Gasteiger partial charge in [-0.2, -0.15) is 0 Å². The number of hydrogen-bond donors (Lipinski definition) is 0. The van der Waals surface area contributed by atoms with Gasteiger partial charge in [0, 0.05) is 32.9 Å². The molecule has 2 aromatic heterocycles. The van der Waals surface area contributed by atoms with E-state index in [2.05, 4.69) is 169 Å². The minimum atomic E-state index is 0.860. The van der Waals surface area contributed by atoms with Gasteiger partial charge >= 0.3 is 0 Å². The van der Waals surface area contributed by atoms with Crippen molar-refractivity contribution in [3.05, 3.63) is 188 Å². The Labute approximate surface area is 305 Å². The Morgan fingerprint density at radius 2 is 0.962 bits per heavy atom. The quantitative estimate of drug-likeness (QED) is 0.182. The van der Waals surface area contributed by atoms with Gasteiger partial charge in [0.05, 0.1) is 11.1 Å². The molecule has 0 saturated carbocycles. The van der Waals surface area contributed by atoms with Crippen molar-refractivity contribution in [3.8, 4) is 22.3 Å². The second-order valence-electron chi connectivity index (χ2n) is 13.7. The number of nitrogens with zero attached hydrogens (tertiary/aromatic N) is 1. The molecule has 0 bridgehead atoms. The van der Waals surface area contributed by atoms with Crippen LogP contribution in [0.2, 0.25) is 0 Å². The van der Waals surface area contributed by atoms with Crippen molar-refractivity contribution < 1.29 is 8.83 Å². The topological polar surface area (TPSA) is 29.5 Å². The van der Waals surface area contributed by atoms with Crippen molar-refractivity contribution in [1.29, 1.82) is 0 Å². The van der Waals surface area contributed by atoms with E-state index in [1.807, 2.05) is 24.3 Å². The van der Waals surface area contributed by atoms with E-state index >= 15 is 0 Å². The molecule has 0 spiro atoms. The van der Waals surface area contributed by atoms with Crippen LogP contribution in [0.15, 0.2) is 197 Å². The van der Waals surface area contributed by atoms with Crippen LogP contribution in [-0.2, 0) is 0 Å². The molecule has 0 amide bonds. The first-order valence-corrected chi connectivity index (χ1v) is 18.0. The molecule has 0 N–H and O–H groups in total. The van der Waals surface area contributed by atoms with E-state index in [0.29, 0.717) is 0 Å². The molecule has 3 heteroatoms. The highest BCUT2D eigenvalue weighted by atomic mass is 16.3. The van der Waals surface area contributed by atoms with Crippen LogP contribution in [-0.4, -0.2) is 0 Å². The average molecular weight is 678 g/mol. The van der Waals surface area contributed by atoms with Crippen molar-refractivity contribution in [2.24, 2.45) is 0 Å². The highest BCUT2D eigenvalue weighted by Crippen LogP contribution is 2.45. The predicted molar refractivity (Wildman–Crippen MR) is 222 cm³/mol. The van der Waals surface area contributed by atoms with Crippen molar-refractivity contribution in [3.63, 3.8) is 0 Å². The van der Waals surface area contributed by atoms with Crippen molar-refractivity contribution in [2.45, 2.75) is 0 Å². The number of furan rings is 2. The standard InChI is InChI=1S/C50H31NO2/c1-2-11-32(12-3-1)38-17-8-13-34-14-9-18-39(48(34)38)33-23-26-36(27-24-33)51(44-19-10-22-47-49(44)43-16-5-7-21-46(43)52-47)37-28-30-40-35(31-37)25-29-42-41-15-4-6-20-45(41)53-50(40)42/h1-31H. The Kier molecular flexibility index (Phi) is 6.55. The predicted octanol–water partition coefficient (Wildman–Crippen LogP) is 14.6. The zero-order valence-corrected chi connectivity index (χ0v) is 28.7. The highest BCUT2D eigenvalue weighted by Gasteiger charge is 2.21. The van der Waals surface area contributed by atoms with Crippen LogP contribution in [0.3, 0.4) is 0 Å². The fraction of sp³-hybridized carbons (Fsp3) is 0. The van der Waals surface area contributed by atoms with Crippen LogP contribution in [0.5, 0.6) is 0 Å². The third-order valence-electron chi connectivity index (χ3n) is 10.6. The molecule has 248 valence electrons. The van der Waals surface area contributed by atoms with Crippen molar-refractivity contribution in [1.82, 2.24) is 0 Å². The van der Waals surface area contributed by atoms with Gasteiger partial charge in [-0.3, -0.25) is 0 Å². The van der Waals surface area contributed by atoms with E-state index in [1.165, 1.54) is 33.0 Å². The van der Waals surface area contributed by atoms with Gasteiger partial charge in [0.25, 0.3) is 0 Å². The van der Waals surface area contributed by atoms with Crippen LogP contribution in [0.1, 0.15) is 0 Å². The fourth-order valence-corrected chi connectivity index (χ4v) is 8.24. The summed E-state index contributed by atoms with van der Waals surface area (Å²) in [6.45, 7) is 0. The van der Waals surface area contributed by atoms with Gasteiger partial charge in [0.2, 0.25) is 0 Å². The first kappa shape index (κ1) is 29.6.